The molecule has 3 rings (SSSR count). The second kappa shape index (κ2) is 8.18. The molecule has 2 heterocycles. The van der Waals surface area contributed by atoms with Crippen LogP contribution in [0.4, 0.5) is 9.52 Å². The number of thioether (sulfide) groups is 1. The second-order valence-corrected chi connectivity index (χ2v) is 8.51. The van der Waals surface area contributed by atoms with Gasteiger partial charge in [0.15, 0.2) is 10.3 Å². The van der Waals surface area contributed by atoms with E-state index in [1.165, 1.54) is 35.2 Å². The maximum atomic E-state index is 13.0. The van der Waals surface area contributed by atoms with Gasteiger partial charge in [-0.2, -0.15) is 0 Å². The molecule has 27 heavy (non-hydrogen) atoms. The number of nitrogens with zero attached hydrogens (tertiary/aromatic N) is 4. The van der Waals surface area contributed by atoms with E-state index < -0.39 is 0 Å². The highest BCUT2D eigenvalue weighted by Crippen LogP contribution is 2.27. The average molecular weight is 406 g/mol. The smallest absolute Gasteiger partial charge is 0.239 e. The standard InChI is InChI=1S/C18H20FN5OS2/c1-10(2)15-22-23-18(24(15)4)27-11(3)16(25)21-17-20-14(9-26-17)12-5-7-13(19)8-6-12/h5-11H,1-4H3,(H,20,21,25). The molecule has 1 N–H and O–H groups in total. The molecule has 3 aromatic rings. The Kier molecular flexibility index (Phi) is 5.91. The highest BCUT2D eigenvalue weighted by Gasteiger charge is 2.20. The maximum Gasteiger partial charge on any atom is 0.239 e. The van der Waals surface area contributed by atoms with Gasteiger partial charge in [-0.05, 0) is 31.2 Å². The molecule has 2 aromatic heterocycles. The fourth-order valence-electron chi connectivity index (χ4n) is 2.43. The summed E-state index contributed by atoms with van der Waals surface area (Å²) >= 11 is 2.69. The number of nitrogens with one attached hydrogen (secondary N) is 1. The quantitative estimate of drug-likeness (QED) is 0.618. The molecule has 1 atom stereocenters. The van der Waals surface area contributed by atoms with Gasteiger partial charge in [0.2, 0.25) is 5.91 Å². The van der Waals surface area contributed by atoms with Crippen LogP contribution < -0.4 is 5.32 Å². The molecular formula is C18H20FN5OS2. The Morgan fingerprint density at radius 2 is 1.93 bits per heavy atom. The summed E-state index contributed by atoms with van der Waals surface area (Å²) in [6.07, 6.45) is 0. The number of hydrogen-bond acceptors (Lipinski definition) is 6. The molecule has 1 unspecified atom stereocenters. The van der Waals surface area contributed by atoms with Crippen molar-refractivity contribution in [2.75, 3.05) is 5.32 Å². The van der Waals surface area contributed by atoms with Crippen molar-refractivity contribution < 1.29 is 9.18 Å². The van der Waals surface area contributed by atoms with E-state index >= 15 is 0 Å². The van der Waals surface area contributed by atoms with Gasteiger partial charge in [-0.3, -0.25) is 4.79 Å². The van der Waals surface area contributed by atoms with Crippen LogP contribution in [0.1, 0.15) is 32.5 Å². The van der Waals surface area contributed by atoms with Crippen LogP contribution >= 0.6 is 23.1 Å². The first-order valence-corrected chi connectivity index (χ1v) is 10.2. The predicted octanol–water partition coefficient (Wildman–Crippen LogP) is 4.32. The van der Waals surface area contributed by atoms with Crippen LogP contribution in [-0.2, 0) is 11.8 Å². The molecule has 0 fully saturated rings. The number of rotatable bonds is 6. The Hall–Kier alpha value is -2.26. The number of thiazole rings is 1. The Morgan fingerprint density at radius 3 is 2.56 bits per heavy atom. The van der Waals surface area contributed by atoms with E-state index in [2.05, 4.69) is 34.3 Å². The summed E-state index contributed by atoms with van der Waals surface area (Å²) in [5.41, 5.74) is 1.50. The zero-order valence-electron chi connectivity index (χ0n) is 15.4. The first kappa shape index (κ1) is 19.5. The predicted molar refractivity (Wildman–Crippen MR) is 107 cm³/mol. The van der Waals surface area contributed by atoms with Gasteiger partial charge in [-0.1, -0.05) is 25.6 Å². The molecule has 0 aliphatic heterocycles. The molecule has 0 saturated heterocycles. The lowest BCUT2D eigenvalue weighted by Crippen LogP contribution is -2.22. The van der Waals surface area contributed by atoms with Crippen LogP contribution in [0.2, 0.25) is 0 Å². The Labute approximate surface area is 165 Å². The highest BCUT2D eigenvalue weighted by molar-refractivity contribution is 8.00. The summed E-state index contributed by atoms with van der Waals surface area (Å²) in [5, 5.41) is 13.9. The minimum Gasteiger partial charge on any atom is -0.309 e. The number of halogens is 1. The van der Waals surface area contributed by atoms with Crippen LogP contribution in [-0.4, -0.2) is 30.9 Å². The van der Waals surface area contributed by atoms with E-state index in [9.17, 15) is 9.18 Å². The van der Waals surface area contributed by atoms with Crippen molar-refractivity contribution in [2.24, 2.45) is 7.05 Å². The van der Waals surface area contributed by atoms with Crippen LogP contribution in [0.15, 0.2) is 34.8 Å². The Bertz CT molecular complexity index is 936. The lowest BCUT2D eigenvalue weighted by atomic mass is 10.2. The Balaban J connectivity index is 1.64. The van der Waals surface area contributed by atoms with Gasteiger partial charge in [0.05, 0.1) is 10.9 Å². The molecule has 6 nitrogen and oxygen atoms in total. The van der Waals surface area contributed by atoms with Gasteiger partial charge in [-0.15, -0.1) is 21.5 Å². The number of hydrogen-bond donors (Lipinski definition) is 1. The highest BCUT2D eigenvalue weighted by atomic mass is 32.2. The third-order valence-corrected chi connectivity index (χ3v) is 5.80. The van der Waals surface area contributed by atoms with Crippen molar-refractivity contribution in [3.05, 3.63) is 41.3 Å². The fourth-order valence-corrected chi connectivity index (χ4v) is 3.98. The van der Waals surface area contributed by atoms with Crippen LogP contribution in [0.25, 0.3) is 11.3 Å². The minimum absolute atomic E-state index is 0.158. The number of carbonyl (C=O) groups is 1. The Morgan fingerprint density at radius 1 is 1.22 bits per heavy atom. The third kappa shape index (κ3) is 4.54. The average Bonchev–Trinajstić information content (AvgIpc) is 3.23. The van der Waals surface area contributed by atoms with Crippen LogP contribution in [0.3, 0.4) is 0 Å². The molecule has 0 aliphatic rings. The minimum atomic E-state index is -0.355. The summed E-state index contributed by atoms with van der Waals surface area (Å²) in [6, 6.07) is 6.10. The number of amides is 1. The maximum absolute atomic E-state index is 13.0. The zero-order chi connectivity index (χ0) is 19.6. The molecular weight excluding hydrogens is 385 g/mol. The van der Waals surface area contributed by atoms with Crippen molar-refractivity contribution in [1.82, 2.24) is 19.7 Å². The van der Waals surface area contributed by atoms with E-state index in [-0.39, 0.29) is 22.9 Å². The SMILES string of the molecule is CC(Sc1nnc(C(C)C)n1C)C(=O)Nc1nc(-c2ccc(F)cc2)cs1. The van der Waals surface area contributed by atoms with E-state index in [0.29, 0.717) is 16.0 Å². The lowest BCUT2D eigenvalue weighted by molar-refractivity contribution is -0.115. The van der Waals surface area contributed by atoms with Gasteiger partial charge in [0.25, 0.3) is 0 Å². The molecule has 0 saturated carbocycles. The largest absolute Gasteiger partial charge is 0.309 e. The van der Waals surface area contributed by atoms with E-state index in [1.54, 1.807) is 12.1 Å². The van der Waals surface area contributed by atoms with Gasteiger partial charge < -0.3 is 9.88 Å². The van der Waals surface area contributed by atoms with E-state index in [4.69, 9.17) is 0 Å². The molecule has 0 spiro atoms. The number of anilines is 1. The van der Waals surface area contributed by atoms with Gasteiger partial charge in [0.1, 0.15) is 11.6 Å². The van der Waals surface area contributed by atoms with Crippen molar-refractivity contribution in [2.45, 2.75) is 37.1 Å². The molecule has 9 heteroatoms. The zero-order valence-corrected chi connectivity index (χ0v) is 17.1. The number of benzene rings is 1. The molecule has 0 radical (unpaired) electrons. The van der Waals surface area contributed by atoms with Crippen molar-refractivity contribution >= 4 is 34.1 Å². The second-order valence-electron chi connectivity index (χ2n) is 6.35. The lowest BCUT2D eigenvalue weighted by Gasteiger charge is -2.10. The number of carbonyl (C=O) groups excluding carboxylic acids is 1. The summed E-state index contributed by atoms with van der Waals surface area (Å²) in [6.45, 7) is 5.92. The molecule has 0 aliphatic carbocycles. The number of aromatic nitrogens is 4. The molecule has 1 amide bonds. The normalized spacial score (nSPS) is 12.4. The molecule has 0 bridgehead atoms. The monoisotopic (exact) mass is 405 g/mol. The first-order chi connectivity index (χ1) is 12.8. The summed E-state index contributed by atoms with van der Waals surface area (Å²) in [7, 11) is 1.90. The van der Waals surface area contributed by atoms with E-state index in [1.807, 2.05) is 23.9 Å². The summed E-state index contributed by atoms with van der Waals surface area (Å²) in [4.78, 5) is 16.9. The molecule has 142 valence electrons. The van der Waals surface area contributed by atoms with Crippen LogP contribution in [0.5, 0.6) is 0 Å². The molecule has 1 aromatic carbocycles. The van der Waals surface area contributed by atoms with Crippen molar-refractivity contribution in [3.63, 3.8) is 0 Å². The first-order valence-electron chi connectivity index (χ1n) is 8.43. The third-order valence-electron chi connectivity index (χ3n) is 3.91. The van der Waals surface area contributed by atoms with Gasteiger partial charge >= 0.3 is 0 Å². The van der Waals surface area contributed by atoms with Gasteiger partial charge in [0, 0.05) is 23.9 Å². The fraction of sp³-hybridized carbons (Fsp3) is 0.333. The van der Waals surface area contributed by atoms with Crippen molar-refractivity contribution in [3.8, 4) is 11.3 Å². The van der Waals surface area contributed by atoms with Gasteiger partial charge in [-0.25, -0.2) is 9.37 Å². The van der Waals surface area contributed by atoms with Crippen LogP contribution in [0, 0.1) is 5.82 Å². The van der Waals surface area contributed by atoms with E-state index in [0.717, 1.165) is 11.4 Å². The van der Waals surface area contributed by atoms with Crippen molar-refractivity contribution in [1.29, 1.82) is 0 Å². The summed E-state index contributed by atoms with van der Waals surface area (Å²) < 4.78 is 14.9. The topological polar surface area (TPSA) is 72.7 Å². The summed E-state index contributed by atoms with van der Waals surface area (Å²) in [5.74, 6) is 0.696.